The Morgan fingerprint density at radius 2 is 1.59 bits per heavy atom. The van der Waals surface area contributed by atoms with Crippen LogP contribution in [-0.2, 0) is 0 Å². The van der Waals surface area contributed by atoms with Crippen molar-refractivity contribution in [3.05, 3.63) is 29.7 Å². The Morgan fingerprint density at radius 3 is 2.09 bits per heavy atom. The molecule has 0 saturated heterocycles. The van der Waals surface area contributed by atoms with Crippen LogP contribution in [0.15, 0.2) is 24.5 Å². The molecule has 0 spiro atoms. The lowest BCUT2D eigenvalue weighted by Gasteiger charge is -2.11. The molecule has 7 nitrogen and oxygen atoms in total. The number of rotatable bonds is 2. The van der Waals surface area contributed by atoms with E-state index in [1.807, 2.05) is 6.07 Å². The summed E-state index contributed by atoms with van der Waals surface area (Å²) in [7, 11) is 0. The van der Waals surface area contributed by atoms with Gasteiger partial charge < -0.3 is 16.8 Å². The van der Waals surface area contributed by atoms with E-state index in [4.69, 9.17) is 23.1 Å². The normalized spacial score (nSPS) is 13.7. The molecule has 1 aliphatic rings. The number of nitrogens with zero attached hydrogens (tertiary/aromatic N) is 4. The highest BCUT2D eigenvalue weighted by Gasteiger charge is 2.14. The molecule has 1 fully saturated rings. The van der Waals surface area contributed by atoms with Crippen molar-refractivity contribution in [3.63, 3.8) is 0 Å². The average molecular weight is 324 g/mol. The minimum atomic E-state index is 0. The zero-order chi connectivity index (χ0) is 15.1. The maximum absolute atomic E-state index is 5.47. The van der Waals surface area contributed by atoms with E-state index in [0.717, 1.165) is 5.82 Å². The fourth-order valence-electron chi connectivity index (χ4n) is 2.08. The lowest BCUT2D eigenvalue weighted by Crippen LogP contribution is -2.15. The Kier molecular flexibility index (Phi) is 7.31. The third kappa shape index (κ3) is 6.09. The highest BCUT2D eigenvalue weighted by Crippen LogP contribution is 2.21. The van der Waals surface area contributed by atoms with Gasteiger partial charge in [-0.2, -0.15) is 4.98 Å². The molecule has 1 saturated carbocycles. The molecule has 1 aliphatic carbocycles. The van der Waals surface area contributed by atoms with Crippen LogP contribution in [-0.4, -0.2) is 26.0 Å². The number of halogens is 1. The number of hydrogen-bond acceptors (Lipinski definition) is 7. The predicted octanol–water partition coefficient (Wildman–Crippen LogP) is 2.76. The van der Waals surface area contributed by atoms with Crippen molar-refractivity contribution in [2.45, 2.75) is 39.2 Å². The highest BCUT2D eigenvalue weighted by molar-refractivity contribution is 6.29. The molecule has 8 heteroatoms. The van der Waals surface area contributed by atoms with Crippen LogP contribution in [0.25, 0.3) is 0 Å². The van der Waals surface area contributed by atoms with Crippen LogP contribution in [0.1, 0.15) is 33.1 Å². The maximum Gasteiger partial charge on any atom is 0.221 e. The summed E-state index contributed by atoms with van der Waals surface area (Å²) in [6.07, 6.45) is 8.30. The minimum absolute atomic E-state index is 0. The predicted molar refractivity (Wildman–Crippen MR) is 90.5 cm³/mol. The molecule has 0 radical (unpaired) electrons. The molecule has 3 rings (SSSR count). The van der Waals surface area contributed by atoms with Gasteiger partial charge in [0.25, 0.3) is 0 Å². The third-order valence-corrected chi connectivity index (χ3v) is 3.23. The maximum atomic E-state index is 5.47. The summed E-state index contributed by atoms with van der Waals surface area (Å²) in [4.78, 5) is 15.2. The van der Waals surface area contributed by atoms with Gasteiger partial charge >= 0.3 is 0 Å². The summed E-state index contributed by atoms with van der Waals surface area (Å²) in [6.45, 7) is 0. The Morgan fingerprint density at radius 1 is 1.00 bits per heavy atom. The van der Waals surface area contributed by atoms with Gasteiger partial charge in [-0.15, -0.1) is 0 Å². The monoisotopic (exact) mass is 323 g/mol. The van der Waals surface area contributed by atoms with Crippen molar-refractivity contribution in [2.24, 2.45) is 0 Å². The molecule has 2 aromatic rings. The Hall–Kier alpha value is -2.15. The van der Waals surface area contributed by atoms with Gasteiger partial charge in [0.05, 0.1) is 0 Å². The van der Waals surface area contributed by atoms with Crippen LogP contribution in [0.5, 0.6) is 0 Å². The first-order valence-corrected chi connectivity index (χ1v) is 7.10. The Labute approximate surface area is 135 Å². The van der Waals surface area contributed by atoms with Crippen LogP contribution in [0.4, 0.5) is 17.7 Å². The fourth-order valence-corrected chi connectivity index (χ4v) is 2.23. The zero-order valence-corrected chi connectivity index (χ0v) is 12.3. The van der Waals surface area contributed by atoms with Gasteiger partial charge in [0.15, 0.2) is 0 Å². The van der Waals surface area contributed by atoms with Crippen LogP contribution in [0.2, 0.25) is 5.15 Å². The Balaban J connectivity index is 0.000000234. The quantitative estimate of drug-likeness (QED) is 0.727. The molecule has 0 atom stereocenters. The van der Waals surface area contributed by atoms with E-state index >= 15 is 0 Å². The van der Waals surface area contributed by atoms with E-state index in [2.05, 4.69) is 25.3 Å². The number of nitrogen functional groups attached to an aromatic ring is 2. The summed E-state index contributed by atoms with van der Waals surface area (Å²) < 4.78 is 0. The van der Waals surface area contributed by atoms with Crippen LogP contribution < -0.4 is 16.8 Å². The topological polar surface area (TPSA) is 116 Å². The minimum Gasteiger partial charge on any atom is -0.368 e. The van der Waals surface area contributed by atoms with Crippen LogP contribution >= 0.6 is 11.6 Å². The van der Waals surface area contributed by atoms with E-state index in [9.17, 15) is 0 Å². The van der Waals surface area contributed by atoms with Gasteiger partial charge in [-0.3, -0.25) is 0 Å². The van der Waals surface area contributed by atoms with Crippen molar-refractivity contribution >= 4 is 29.3 Å². The number of hydrogen-bond donors (Lipinski definition) is 3. The van der Waals surface area contributed by atoms with Gasteiger partial charge in [0.2, 0.25) is 11.9 Å². The largest absolute Gasteiger partial charge is 0.368 e. The van der Waals surface area contributed by atoms with Gasteiger partial charge in [-0.05, 0) is 25.0 Å². The Bertz CT molecular complexity index is 555. The molecular formula is C14H22ClN7. The molecule has 2 heterocycles. The van der Waals surface area contributed by atoms with E-state index in [1.165, 1.54) is 31.9 Å². The molecule has 0 bridgehead atoms. The molecule has 5 N–H and O–H groups in total. The van der Waals surface area contributed by atoms with E-state index in [-0.39, 0.29) is 13.4 Å². The molecule has 22 heavy (non-hydrogen) atoms. The summed E-state index contributed by atoms with van der Waals surface area (Å²) in [5.41, 5.74) is 10.6. The zero-order valence-electron chi connectivity index (χ0n) is 11.5. The van der Waals surface area contributed by atoms with E-state index in [1.54, 1.807) is 12.3 Å². The second-order valence-electron chi connectivity index (χ2n) is 4.66. The summed E-state index contributed by atoms with van der Waals surface area (Å²) >= 11 is 5.41. The van der Waals surface area contributed by atoms with Crippen molar-refractivity contribution in [3.8, 4) is 0 Å². The standard InChI is InChI=1S/C9H14N4.C4H4ClN3.CH4/c10-9-11-6-5-8(13-9)12-7-3-1-2-4-7;5-3-1-2-7-4(6)8-3;/h5-7H,1-4H2,(H3,10,11,12,13);1-2H,(H2,6,7,8);1H4. The SMILES string of the molecule is C.Nc1nccc(Cl)n1.Nc1nccc(NC2CCCC2)n1. The summed E-state index contributed by atoms with van der Waals surface area (Å²) in [6, 6.07) is 4.00. The molecule has 120 valence electrons. The first-order chi connectivity index (χ1) is 10.1. The van der Waals surface area contributed by atoms with Crippen LogP contribution in [0.3, 0.4) is 0 Å². The van der Waals surface area contributed by atoms with Crippen molar-refractivity contribution in [1.82, 2.24) is 19.9 Å². The number of anilines is 3. The first kappa shape index (κ1) is 17.9. The van der Waals surface area contributed by atoms with Crippen molar-refractivity contribution in [1.29, 1.82) is 0 Å². The van der Waals surface area contributed by atoms with Gasteiger partial charge in [-0.25, -0.2) is 15.0 Å². The molecule has 0 aromatic carbocycles. The smallest absolute Gasteiger partial charge is 0.221 e. The fraction of sp³-hybridized carbons (Fsp3) is 0.429. The van der Waals surface area contributed by atoms with E-state index in [0.29, 0.717) is 17.1 Å². The van der Waals surface area contributed by atoms with Crippen molar-refractivity contribution < 1.29 is 0 Å². The first-order valence-electron chi connectivity index (χ1n) is 6.72. The summed E-state index contributed by atoms with van der Waals surface area (Å²) in [5.74, 6) is 1.39. The lowest BCUT2D eigenvalue weighted by molar-refractivity contribution is 0.750. The average Bonchev–Trinajstić information content (AvgIpc) is 2.92. The summed E-state index contributed by atoms with van der Waals surface area (Å²) in [5, 5.41) is 3.72. The lowest BCUT2D eigenvalue weighted by atomic mass is 10.2. The molecule has 0 unspecified atom stereocenters. The second kappa shape index (κ2) is 8.99. The van der Waals surface area contributed by atoms with Crippen LogP contribution in [0, 0.1) is 0 Å². The van der Waals surface area contributed by atoms with Crippen molar-refractivity contribution in [2.75, 3.05) is 16.8 Å². The number of nitrogens with one attached hydrogen (secondary N) is 1. The van der Waals surface area contributed by atoms with Gasteiger partial charge in [0.1, 0.15) is 11.0 Å². The number of aromatic nitrogens is 4. The van der Waals surface area contributed by atoms with Gasteiger partial charge in [-0.1, -0.05) is 31.9 Å². The second-order valence-corrected chi connectivity index (χ2v) is 5.05. The molecule has 0 amide bonds. The molecule has 2 aromatic heterocycles. The third-order valence-electron chi connectivity index (χ3n) is 3.02. The highest BCUT2D eigenvalue weighted by atomic mass is 35.5. The van der Waals surface area contributed by atoms with E-state index < -0.39 is 0 Å². The van der Waals surface area contributed by atoms with Gasteiger partial charge in [0, 0.05) is 18.4 Å². The molecule has 0 aliphatic heterocycles. The number of nitrogens with two attached hydrogens (primary N) is 2. The molecular weight excluding hydrogens is 302 g/mol.